The molecule has 2 nitrogen and oxygen atoms in total. The molecule has 0 heterocycles. The zero-order chi connectivity index (χ0) is 13.8. The Morgan fingerprint density at radius 3 is 2.11 bits per heavy atom. The smallest absolute Gasteiger partial charge is 0.348 e. The van der Waals surface area contributed by atoms with Crippen LogP contribution in [0.1, 0.15) is 45.4 Å². The van der Waals surface area contributed by atoms with Crippen molar-refractivity contribution >= 4 is 5.91 Å². The van der Waals surface area contributed by atoms with E-state index in [1.807, 2.05) is 5.32 Å². The third kappa shape index (κ3) is 3.85. The first-order valence-corrected chi connectivity index (χ1v) is 6.32. The summed E-state index contributed by atoms with van der Waals surface area (Å²) in [4.78, 5) is 11.1. The fourth-order valence-corrected chi connectivity index (χ4v) is 2.33. The van der Waals surface area contributed by atoms with E-state index in [2.05, 4.69) is 0 Å². The fourth-order valence-electron chi connectivity index (χ4n) is 2.33. The minimum Gasteiger partial charge on any atom is -0.348 e. The van der Waals surface area contributed by atoms with Crippen molar-refractivity contribution in [1.82, 2.24) is 5.32 Å². The van der Waals surface area contributed by atoms with Gasteiger partial charge in [-0.1, -0.05) is 25.7 Å². The maximum Gasteiger partial charge on any atom is 0.383 e. The van der Waals surface area contributed by atoms with Crippen LogP contribution in [-0.2, 0) is 4.79 Å². The Morgan fingerprint density at radius 2 is 1.67 bits per heavy atom. The largest absolute Gasteiger partial charge is 0.383 e. The van der Waals surface area contributed by atoms with Crippen LogP contribution in [-0.4, -0.2) is 24.3 Å². The molecule has 0 aromatic rings. The summed E-state index contributed by atoms with van der Waals surface area (Å²) in [6.07, 6.45) is 1.93. The molecule has 6 heteroatoms. The Kier molecular flexibility index (Phi) is 5.41. The van der Waals surface area contributed by atoms with E-state index in [0.717, 1.165) is 38.5 Å². The SMILES string of the molecule is C[C@@H](NC(=O)C(F)(F)C(F)F)C1CCCCCC1. The number of nitrogens with one attached hydrogen (secondary N) is 1. The lowest BCUT2D eigenvalue weighted by atomic mass is 9.93. The Hall–Kier alpha value is -0.810. The van der Waals surface area contributed by atoms with Crippen LogP contribution in [0.2, 0.25) is 0 Å². The molecule has 1 N–H and O–H groups in total. The predicted octanol–water partition coefficient (Wildman–Crippen LogP) is 3.36. The van der Waals surface area contributed by atoms with E-state index in [1.165, 1.54) is 0 Å². The molecule has 0 unspecified atom stereocenters. The van der Waals surface area contributed by atoms with Gasteiger partial charge in [-0.15, -0.1) is 0 Å². The average Bonchev–Trinajstić information content (AvgIpc) is 2.56. The second-order valence-corrected chi connectivity index (χ2v) is 4.94. The molecule has 18 heavy (non-hydrogen) atoms. The molecule has 0 saturated heterocycles. The van der Waals surface area contributed by atoms with Crippen LogP contribution in [0.25, 0.3) is 0 Å². The number of alkyl halides is 4. The summed E-state index contributed by atoms with van der Waals surface area (Å²) in [5, 5.41) is 2.03. The predicted molar refractivity (Wildman–Crippen MR) is 59.7 cm³/mol. The van der Waals surface area contributed by atoms with Gasteiger partial charge in [-0.05, 0) is 25.7 Å². The van der Waals surface area contributed by atoms with Crippen molar-refractivity contribution in [2.45, 2.75) is 63.8 Å². The molecular formula is C12H19F4NO. The molecule has 1 amide bonds. The lowest BCUT2D eigenvalue weighted by Gasteiger charge is -2.25. The van der Waals surface area contributed by atoms with E-state index in [4.69, 9.17) is 0 Å². The molecule has 0 radical (unpaired) electrons. The molecule has 0 aromatic heterocycles. The number of amides is 1. The highest BCUT2D eigenvalue weighted by atomic mass is 19.3. The molecule has 0 aromatic carbocycles. The first-order chi connectivity index (χ1) is 8.35. The highest BCUT2D eigenvalue weighted by Gasteiger charge is 2.49. The van der Waals surface area contributed by atoms with Crippen molar-refractivity contribution < 1.29 is 22.4 Å². The maximum atomic E-state index is 12.8. The van der Waals surface area contributed by atoms with E-state index in [0.29, 0.717) is 0 Å². The minimum absolute atomic E-state index is 0.102. The van der Waals surface area contributed by atoms with Crippen LogP contribution in [0.5, 0.6) is 0 Å². The molecule has 0 aliphatic heterocycles. The highest BCUT2D eigenvalue weighted by molar-refractivity contribution is 5.84. The van der Waals surface area contributed by atoms with Crippen molar-refractivity contribution in [3.8, 4) is 0 Å². The third-order valence-corrected chi connectivity index (χ3v) is 3.54. The van der Waals surface area contributed by atoms with E-state index in [1.54, 1.807) is 6.92 Å². The topological polar surface area (TPSA) is 29.1 Å². The van der Waals surface area contributed by atoms with Crippen LogP contribution in [0.4, 0.5) is 17.6 Å². The van der Waals surface area contributed by atoms with Crippen LogP contribution < -0.4 is 5.32 Å². The van der Waals surface area contributed by atoms with Gasteiger partial charge in [-0.3, -0.25) is 4.79 Å². The van der Waals surface area contributed by atoms with Crippen LogP contribution in [0.3, 0.4) is 0 Å². The van der Waals surface area contributed by atoms with Gasteiger partial charge in [0.25, 0.3) is 5.91 Å². The zero-order valence-electron chi connectivity index (χ0n) is 10.4. The van der Waals surface area contributed by atoms with E-state index in [-0.39, 0.29) is 5.92 Å². The van der Waals surface area contributed by atoms with Gasteiger partial charge >= 0.3 is 12.3 Å². The lowest BCUT2D eigenvalue weighted by Crippen LogP contribution is -2.50. The van der Waals surface area contributed by atoms with Crippen molar-refractivity contribution in [3.63, 3.8) is 0 Å². The van der Waals surface area contributed by atoms with Crippen molar-refractivity contribution in [2.24, 2.45) is 5.92 Å². The van der Waals surface area contributed by atoms with Gasteiger partial charge < -0.3 is 5.32 Å². The first kappa shape index (κ1) is 15.2. The summed E-state index contributed by atoms with van der Waals surface area (Å²) in [5.41, 5.74) is 0. The maximum absolute atomic E-state index is 12.8. The molecule has 0 spiro atoms. The summed E-state index contributed by atoms with van der Waals surface area (Å²) in [6, 6.07) is -0.486. The van der Waals surface area contributed by atoms with Gasteiger partial charge in [0.05, 0.1) is 0 Å². The van der Waals surface area contributed by atoms with Crippen LogP contribution in [0, 0.1) is 5.92 Å². The van der Waals surface area contributed by atoms with E-state index >= 15 is 0 Å². The van der Waals surface area contributed by atoms with Gasteiger partial charge in [0, 0.05) is 6.04 Å². The quantitative estimate of drug-likeness (QED) is 0.615. The number of carbonyl (C=O) groups is 1. The summed E-state index contributed by atoms with van der Waals surface area (Å²) in [6.45, 7) is 1.61. The normalized spacial score (nSPS) is 20.6. The molecule has 1 rings (SSSR count). The summed E-state index contributed by atoms with van der Waals surface area (Å²) in [5.74, 6) is -6.36. The van der Waals surface area contributed by atoms with Gasteiger partial charge in [0.1, 0.15) is 0 Å². The van der Waals surface area contributed by atoms with E-state index in [9.17, 15) is 22.4 Å². The average molecular weight is 269 g/mol. The second-order valence-electron chi connectivity index (χ2n) is 4.94. The molecule has 1 aliphatic carbocycles. The van der Waals surface area contributed by atoms with Gasteiger partial charge in [-0.2, -0.15) is 8.78 Å². The van der Waals surface area contributed by atoms with Gasteiger partial charge in [0.15, 0.2) is 0 Å². The lowest BCUT2D eigenvalue weighted by molar-refractivity contribution is -0.170. The van der Waals surface area contributed by atoms with Crippen LogP contribution >= 0.6 is 0 Å². The molecule has 1 aliphatic rings. The van der Waals surface area contributed by atoms with Gasteiger partial charge in [0.2, 0.25) is 0 Å². The fraction of sp³-hybridized carbons (Fsp3) is 0.917. The second kappa shape index (κ2) is 6.38. The summed E-state index contributed by atoms with van der Waals surface area (Å²) < 4.78 is 49.6. The molecule has 1 saturated carbocycles. The first-order valence-electron chi connectivity index (χ1n) is 6.32. The number of halogens is 4. The molecule has 0 bridgehead atoms. The minimum atomic E-state index is -4.60. The van der Waals surface area contributed by atoms with Gasteiger partial charge in [-0.25, -0.2) is 8.78 Å². The number of hydrogen-bond donors (Lipinski definition) is 1. The Labute approximate surface area is 104 Å². The molecule has 1 atom stereocenters. The number of rotatable bonds is 4. The summed E-state index contributed by atoms with van der Waals surface area (Å²) >= 11 is 0. The summed E-state index contributed by atoms with van der Waals surface area (Å²) in [7, 11) is 0. The zero-order valence-corrected chi connectivity index (χ0v) is 10.4. The Morgan fingerprint density at radius 1 is 1.17 bits per heavy atom. The Bertz CT molecular complexity index is 275. The standard InChI is InChI=1S/C12H19F4NO/c1-8(9-6-4-2-3-5-7-9)17-11(18)12(15,16)10(13)14/h8-10H,2-7H2,1H3,(H,17,18)/t8-/m1/s1. The van der Waals surface area contributed by atoms with Crippen molar-refractivity contribution in [2.75, 3.05) is 0 Å². The van der Waals surface area contributed by atoms with Crippen LogP contribution in [0.15, 0.2) is 0 Å². The van der Waals surface area contributed by atoms with Crippen molar-refractivity contribution in [3.05, 3.63) is 0 Å². The van der Waals surface area contributed by atoms with E-state index < -0.39 is 24.3 Å². The van der Waals surface area contributed by atoms with Crippen molar-refractivity contribution in [1.29, 1.82) is 0 Å². The molecule has 106 valence electrons. The number of carbonyl (C=O) groups excluding carboxylic acids is 1. The molecular weight excluding hydrogens is 250 g/mol. The molecule has 1 fully saturated rings. The monoisotopic (exact) mass is 269 g/mol. The Balaban J connectivity index is 2.52. The highest BCUT2D eigenvalue weighted by Crippen LogP contribution is 2.27. The number of hydrogen-bond acceptors (Lipinski definition) is 1. The third-order valence-electron chi connectivity index (χ3n) is 3.54.